The third-order valence-corrected chi connectivity index (χ3v) is 3.80. The van der Waals surface area contributed by atoms with Crippen molar-refractivity contribution in [3.8, 4) is 0 Å². The van der Waals surface area contributed by atoms with Crippen molar-refractivity contribution in [2.75, 3.05) is 0 Å². The van der Waals surface area contributed by atoms with Crippen LogP contribution in [0.25, 0.3) is 0 Å². The van der Waals surface area contributed by atoms with Crippen molar-refractivity contribution >= 4 is 0 Å². The molecule has 0 aromatic heterocycles. The van der Waals surface area contributed by atoms with E-state index in [9.17, 15) is 0 Å². The van der Waals surface area contributed by atoms with E-state index in [2.05, 4.69) is 23.7 Å². The van der Waals surface area contributed by atoms with Gasteiger partial charge in [-0.05, 0) is 51.1 Å². The predicted molar refractivity (Wildman–Crippen MR) is 70.3 cm³/mol. The Bertz CT molecular complexity index is 246. The zero-order chi connectivity index (χ0) is 11.1. The standard InChI is InChI=1S/C15H25N/c1-2-5-9-14(10-6-3-1)13-16-15-11-7-4-8-12-15/h1-2,13,15-16H,3-12H2. The maximum absolute atomic E-state index is 3.65. The Morgan fingerprint density at radius 3 is 2.62 bits per heavy atom. The smallest absolute Gasteiger partial charge is 0.0255 e. The van der Waals surface area contributed by atoms with Gasteiger partial charge in [0.05, 0.1) is 0 Å². The summed E-state index contributed by atoms with van der Waals surface area (Å²) in [6, 6.07) is 0.766. The van der Waals surface area contributed by atoms with E-state index in [-0.39, 0.29) is 0 Å². The fourth-order valence-corrected chi connectivity index (χ4v) is 2.73. The Labute approximate surface area is 100 Å². The van der Waals surface area contributed by atoms with Gasteiger partial charge in [0.25, 0.3) is 0 Å². The molecule has 0 aliphatic heterocycles. The number of hydrogen-bond acceptors (Lipinski definition) is 1. The summed E-state index contributed by atoms with van der Waals surface area (Å²) in [6.07, 6.45) is 20.4. The van der Waals surface area contributed by atoms with Gasteiger partial charge < -0.3 is 5.32 Å². The number of nitrogens with one attached hydrogen (secondary N) is 1. The van der Waals surface area contributed by atoms with Crippen LogP contribution >= 0.6 is 0 Å². The number of hydrogen-bond donors (Lipinski definition) is 1. The van der Waals surface area contributed by atoms with Gasteiger partial charge in [-0.15, -0.1) is 0 Å². The summed E-state index contributed by atoms with van der Waals surface area (Å²) < 4.78 is 0. The Kier molecular flexibility index (Phi) is 4.98. The van der Waals surface area contributed by atoms with E-state index in [1.165, 1.54) is 64.2 Å². The number of rotatable bonds is 2. The molecule has 0 saturated heterocycles. The molecule has 2 aliphatic carbocycles. The van der Waals surface area contributed by atoms with Crippen molar-refractivity contribution in [3.63, 3.8) is 0 Å². The highest BCUT2D eigenvalue weighted by Gasteiger charge is 2.11. The van der Waals surface area contributed by atoms with Crippen LogP contribution in [0.15, 0.2) is 23.9 Å². The molecule has 0 unspecified atom stereocenters. The van der Waals surface area contributed by atoms with Gasteiger partial charge >= 0.3 is 0 Å². The highest BCUT2D eigenvalue weighted by atomic mass is 14.9. The summed E-state index contributed by atoms with van der Waals surface area (Å²) in [5, 5.41) is 3.65. The Morgan fingerprint density at radius 1 is 0.938 bits per heavy atom. The molecule has 90 valence electrons. The van der Waals surface area contributed by atoms with Crippen molar-refractivity contribution < 1.29 is 0 Å². The lowest BCUT2D eigenvalue weighted by atomic mass is 9.95. The van der Waals surface area contributed by atoms with E-state index in [0.717, 1.165) is 6.04 Å². The van der Waals surface area contributed by atoms with Crippen molar-refractivity contribution in [2.45, 2.75) is 70.3 Å². The van der Waals surface area contributed by atoms with E-state index in [1.807, 2.05) is 0 Å². The third-order valence-electron chi connectivity index (χ3n) is 3.80. The lowest BCUT2D eigenvalue weighted by molar-refractivity contribution is 0.403. The molecule has 2 rings (SSSR count). The Balaban J connectivity index is 1.77. The first-order valence-corrected chi connectivity index (χ1v) is 7.04. The molecular weight excluding hydrogens is 194 g/mol. The molecule has 1 N–H and O–H groups in total. The molecule has 0 heterocycles. The average Bonchev–Trinajstić information content (AvgIpc) is 2.29. The molecular formula is C15H25N. The van der Waals surface area contributed by atoms with Crippen LogP contribution in [0.3, 0.4) is 0 Å². The largest absolute Gasteiger partial charge is 0.388 e. The molecule has 0 bridgehead atoms. The van der Waals surface area contributed by atoms with Gasteiger partial charge in [0.2, 0.25) is 0 Å². The molecule has 0 spiro atoms. The second kappa shape index (κ2) is 6.78. The van der Waals surface area contributed by atoms with E-state index in [0.29, 0.717) is 0 Å². The maximum Gasteiger partial charge on any atom is 0.0255 e. The SMILES string of the molecule is C1=CCCC(=CNC2CCCCC2)CCC1. The molecule has 1 fully saturated rings. The lowest BCUT2D eigenvalue weighted by Gasteiger charge is -2.22. The molecule has 1 saturated carbocycles. The zero-order valence-electron chi connectivity index (χ0n) is 10.4. The van der Waals surface area contributed by atoms with Gasteiger partial charge in [0.15, 0.2) is 0 Å². The molecule has 2 aliphatic rings. The summed E-state index contributed by atoms with van der Waals surface area (Å²) in [5.41, 5.74) is 1.63. The van der Waals surface area contributed by atoms with Crippen LogP contribution in [0.1, 0.15) is 64.2 Å². The van der Waals surface area contributed by atoms with Crippen molar-refractivity contribution in [3.05, 3.63) is 23.9 Å². The van der Waals surface area contributed by atoms with Crippen LogP contribution in [0.5, 0.6) is 0 Å². The highest BCUT2D eigenvalue weighted by Crippen LogP contribution is 2.20. The van der Waals surface area contributed by atoms with Gasteiger partial charge in [0.1, 0.15) is 0 Å². The van der Waals surface area contributed by atoms with Gasteiger partial charge in [0, 0.05) is 6.04 Å². The quantitative estimate of drug-likeness (QED) is 0.682. The highest BCUT2D eigenvalue weighted by molar-refractivity contribution is 5.05. The van der Waals surface area contributed by atoms with Gasteiger partial charge in [-0.3, -0.25) is 0 Å². The first-order chi connectivity index (χ1) is 7.95. The van der Waals surface area contributed by atoms with Gasteiger partial charge in [-0.25, -0.2) is 0 Å². The van der Waals surface area contributed by atoms with E-state index < -0.39 is 0 Å². The van der Waals surface area contributed by atoms with E-state index in [4.69, 9.17) is 0 Å². The molecule has 1 nitrogen and oxygen atoms in total. The normalized spacial score (nSPS) is 26.4. The maximum atomic E-state index is 3.65. The van der Waals surface area contributed by atoms with Crippen LogP contribution in [0, 0.1) is 0 Å². The Hall–Kier alpha value is -0.720. The fourth-order valence-electron chi connectivity index (χ4n) is 2.73. The molecule has 0 amide bonds. The second-order valence-corrected chi connectivity index (χ2v) is 5.21. The van der Waals surface area contributed by atoms with E-state index >= 15 is 0 Å². The summed E-state index contributed by atoms with van der Waals surface area (Å²) >= 11 is 0. The number of allylic oxidation sites excluding steroid dienone is 3. The van der Waals surface area contributed by atoms with Crippen LogP contribution in [-0.2, 0) is 0 Å². The molecule has 1 heteroatoms. The summed E-state index contributed by atoms with van der Waals surface area (Å²) in [4.78, 5) is 0. The minimum Gasteiger partial charge on any atom is -0.388 e. The van der Waals surface area contributed by atoms with Crippen molar-refractivity contribution in [1.82, 2.24) is 5.32 Å². The molecule has 0 aromatic rings. The summed E-state index contributed by atoms with van der Waals surface area (Å²) in [7, 11) is 0. The fraction of sp³-hybridized carbons (Fsp3) is 0.733. The first kappa shape index (κ1) is 11.8. The predicted octanol–water partition coefficient (Wildman–Crippen LogP) is 4.31. The topological polar surface area (TPSA) is 12.0 Å². The van der Waals surface area contributed by atoms with Crippen LogP contribution in [-0.4, -0.2) is 6.04 Å². The monoisotopic (exact) mass is 219 g/mol. The van der Waals surface area contributed by atoms with Crippen molar-refractivity contribution in [1.29, 1.82) is 0 Å². The van der Waals surface area contributed by atoms with Gasteiger partial charge in [-0.2, -0.15) is 0 Å². The summed E-state index contributed by atoms with van der Waals surface area (Å²) in [6.45, 7) is 0. The third kappa shape index (κ3) is 4.03. The molecule has 0 aromatic carbocycles. The minimum absolute atomic E-state index is 0.766. The minimum atomic E-state index is 0.766. The lowest BCUT2D eigenvalue weighted by Crippen LogP contribution is -2.26. The first-order valence-electron chi connectivity index (χ1n) is 7.04. The molecule has 16 heavy (non-hydrogen) atoms. The van der Waals surface area contributed by atoms with Crippen LogP contribution in [0.4, 0.5) is 0 Å². The summed E-state index contributed by atoms with van der Waals surface area (Å²) in [5.74, 6) is 0. The van der Waals surface area contributed by atoms with Crippen molar-refractivity contribution in [2.24, 2.45) is 0 Å². The second-order valence-electron chi connectivity index (χ2n) is 5.21. The molecule has 0 atom stereocenters. The van der Waals surface area contributed by atoms with Crippen LogP contribution in [0.2, 0.25) is 0 Å². The zero-order valence-corrected chi connectivity index (χ0v) is 10.4. The molecule has 0 radical (unpaired) electrons. The van der Waals surface area contributed by atoms with Crippen LogP contribution < -0.4 is 5.32 Å². The Morgan fingerprint density at radius 2 is 1.75 bits per heavy atom. The van der Waals surface area contributed by atoms with E-state index in [1.54, 1.807) is 5.57 Å². The average molecular weight is 219 g/mol. The van der Waals surface area contributed by atoms with Gasteiger partial charge in [-0.1, -0.05) is 37.0 Å².